The van der Waals surface area contributed by atoms with Gasteiger partial charge >= 0.3 is 0 Å². The van der Waals surface area contributed by atoms with Crippen molar-refractivity contribution in [2.75, 3.05) is 11.6 Å². The molecule has 6 heteroatoms. The highest BCUT2D eigenvalue weighted by Gasteiger charge is 2.36. The second-order valence-corrected chi connectivity index (χ2v) is 9.44. The second-order valence-electron chi connectivity index (χ2n) is 9.44. The highest BCUT2D eigenvalue weighted by molar-refractivity contribution is 5.95. The van der Waals surface area contributed by atoms with E-state index in [0.29, 0.717) is 12.5 Å². The first-order valence-electron chi connectivity index (χ1n) is 11.6. The number of fused-ring (bicyclic) bond motifs is 3. The predicted octanol–water partition coefficient (Wildman–Crippen LogP) is 3.54. The summed E-state index contributed by atoms with van der Waals surface area (Å²) in [6.45, 7) is 4.81. The summed E-state index contributed by atoms with van der Waals surface area (Å²) < 4.78 is 1.69. The summed E-state index contributed by atoms with van der Waals surface area (Å²) in [6.07, 6.45) is 4.28. The number of benzene rings is 2. The number of nitrogens with zero attached hydrogens (tertiary/aromatic N) is 2. The van der Waals surface area contributed by atoms with Gasteiger partial charge in [-0.15, -0.1) is 0 Å². The summed E-state index contributed by atoms with van der Waals surface area (Å²) in [6, 6.07) is 17.9. The fourth-order valence-corrected chi connectivity index (χ4v) is 5.30. The molecule has 33 heavy (non-hydrogen) atoms. The van der Waals surface area contributed by atoms with Gasteiger partial charge in [0.25, 0.3) is 5.91 Å². The molecule has 0 spiro atoms. The van der Waals surface area contributed by atoms with Gasteiger partial charge in [-0.2, -0.15) is 0 Å². The Kier molecular flexibility index (Phi) is 5.44. The number of rotatable bonds is 3. The van der Waals surface area contributed by atoms with E-state index in [1.807, 2.05) is 0 Å². The lowest BCUT2D eigenvalue weighted by Crippen LogP contribution is -2.46. The Morgan fingerprint density at radius 3 is 2.18 bits per heavy atom. The van der Waals surface area contributed by atoms with Gasteiger partial charge in [0.2, 0.25) is 5.43 Å². The van der Waals surface area contributed by atoms with Crippen LogP contribution in [0.25, 0.3) is 0 Å². The van der Waals surface area contributed by atoms with Crippen molar-refractivity contribution in [2.24, 2.45) is 5.92 Å². The van der Waals surface area contributed by atoms with Gasteiger partial charge < -0.3 is 10.4 Å². The van der Waals surface area contributed by atoms with Gasteiger partial charge in [-0.1, -0.05) is 62.4 Å². The highest BCUT2D eigenvalue weighted by atomic mass is 16.3. The quantitative estimate of drug-likeness (QED) is 0.649. The molecule has 0 bridgehead atoms. The third-order valence-electron chi connectivity index (χ3n) is 6.71. The number of carbonyl (C=O) groups is 1. The van der Waals surface area contributed by atoms with Crippen LogP contribution < -0.4 is 15.8 Å². The molecular formula is C27H29N3O3. The summed E-state index contributed by atoms with van der Waals surface area (Å²) in [4.78, 5) is 25.5. The van der Waals surface area contributed by atoms with Crippen LogP contribution in [0, 0.1) is 5.92 Å². The molecule has 3 aromatic rings. The number of aromatic nitrogens is 1. The van der Waals surface area contributed by atoms with E-state index in [1.54, 1.807) is 10.9 Å². The zero-order chi connectivity index (χ0) is 23.1. The van der Waals surface area contributed by atoms with Crippen molar-refractivity contribution in [3.63, 3.8) is 0 Å². The van der Waals surface area contributed by atoms with Crippen LogP contribution in [-0.4, -0.2) is 28.3 Å². The fourth-order valence-electron chi connectivity index (χ4n) is 5.30. The number of aryl methyl sites for hydroxylation is 2. The summed E-state index contributed by atoms with van der Waals surface area (Å²) >= 11 is 0. The van der Waals surface area contributed by atoms with E-state index in [4.69, 9.17) is 0 Å². The molecular weight excluding hydrogens is 414 g/mol. The molecule has 2 heterocycles. The van der Waals surface area contributed by atoms with Crippen molar-refractivity contribution in [2.45, 2.75) is 45.2 Å². The molecule has 2 aliphatic rings. The van der Waals surface area contributed by atoms with Crippen LogP contribution in [0.4, 0.5) is 0 Å². The summed E-state index contributed by atoms with van der Waals surface area (Å²) in [5.41, 5.74) is 4.35. The molecule has 0 saturated heterocycles. The van der Waals surface area contributed by atoms with E-state index in [2.05, 4.69) is 72.7 Å². The van der Waals surface area contributed by atoms with Crippen LogP contribution >= 0.6 is 0 Å². The van der Waals surface area contributed by atoms with E-state index < -0.39 is 17.1 Å². The van der Waals surface area contributed by atoms with Crippen LogP contribution in [-0.2, 0) is 12.8 Å². The Balaban J connectivity index is 1.76. The van der Waals surface area contributed by atoms with Gasteiger partial charge in [-0.05, 0) is 47.4 Å². The lowest BCUT2D eigenvalue weighted by molar-refractivity contribution is 0.0929. The van der Waals surface area contributed by atoms with E-state index in [9.17, 15) is 14.7 Å². The Morgan fingerprint density at radius 1 is 0.970 bits per heavy atom. The first-order valence-corrected chi connectivity index (χ1v) is 11.6. The smallest absolute Gasteiger partial charge is 0.274 e. The number of hydrogen-bond acceptors (Lipinski definition) is 4. The molecule has 170 valence electrons. The molecule has 2 N–H and O–H groups in total. The molecule has 0 unspecified atom stereocenters. The van der Waals surface area contributed by atoms with Crippen molar-refractivity contribution in [1.82, 2.24) is 9.99 Å². The monoisotopic (exact) mass is 443 g/mol. The number of hydrogen-bond donors (Lipinski definition) is 2. The Morgan fingerprint density at radius 2 is 1.58 bits per heavy atom. The minimum Gasteiger partial charge on any atom is -0.502 e. The Bertz CT molecular complexity index is 1220. The van der Waals surface area contributed by atoms with Gasteiger partial charge in [-0.3, -0.25) is 19.3 Å². The second kappa shape index (κ2) is 8.43. The van der Waals surface area contributed by atoms with Crippen LogP contribution in [0.15, 0.2) is 65.6 Å². The number of aromatic hydroxyl groups is 1. The zero-order valence-electron chi connectivity index (χ0n) is 19.0. The first-order chi connectivity index (χ1) is 15.9. The van der Waals surface area contributed by atoms with Crippen molar-refractivity contribution in [3.05, 3.63) is 99.0 Å². The van der Waals surface area contributed by atoms with E-state index in [0.717, 1.165) is 19.3 Å². The van der Waals surface area contributed by atoms with Crippen molar-refractivity contribution in [1.29, 1.82) is 0 Å². The zero-order valence-corrected chi connectivity index (χ0v) is 19.0. The fraction of sp³-hybridized carbons (Fsp3) is 0.333. The lowest BCUT2D eigenvalue weighted by Gasteiger charge is -2.38. The predicted molar refractivity (Wildman–Crippen MR) is 128 cm³/mol. The highest BCUT2D eigenvalue weighted by Crippen LogP contribution is 2.37. The minimum atomic E-state index is -0.555. The van der Waals surface area contributed by atoms with Gasteiger partial charge in [0.15, 0.2) is 11.4 Å². The Hall–Kier alpha value is -3.54. The number of carbonyl (C=O) groups excluding carboxylic acids is 1. The van der Waals surface area contributed by atoms with Gasteiger partial charge in [0, 0.05) is 18.3 Å². The maximum atomic E-state index is 13.2. The molecule has 1 aromatic heterocycles. The standard InChI is InChI=1S/C27H29N3O3/c1-17(2)15-20-16-30(29-14-13-23(31)26(32)25(29)27(33)28-20)24-21-9-5-3-7-18(21)11-12-19-8-4-6-10-22(19)24/h3-10,13-14,17,20,24,32H,11-12,15-16H2,1-2H3,(H,28,33)/t20-/m0/s1. The van der Waals surface area contributed by atoms with Gasteiger partial charge in [-0.25, -0.2) is 0 Å². The van der Waals surface area contributed by atoms with Gasteiger partial charge in [0.05, 0.1) is 12.6 Å². The average Bonchev–Trinajstić information content (AvgIpc) is 3.03. The summed E-state index contributed by atoms with van der Waals surface area (Å²) in [5, 5.41) is 15.9. The van der Waals surface area contributed by atoms with E-state index in [-0.39, 0.29) is 17.8 Å². The molecule has 5 rings (SSSR count). The molecule has 0 fully saturated rings. The molecule has 0 radical (unpaired) electrons. The van der Waals surface area contributed by atoms with Crippen LogP contribution in [0.2, 0.25) is 0 Å². The normalized spacial score (nSPS) is 18.1. The largest absolute Gasteiger partial charge is 0.502 e. The van der Waals surface area contributed by atoms with Crippen molar-refractivity contribution in [3.8, 4) is 5.75 Å². The number of pyridine rings is 1. The first kappa shape index (κ1) is 21.3. The maximum Gasteiger partial charge on any atom is 0.274 e. The van der Waals surface area contributed by atoms with Crippen LogP contribution in [0.3, 0.4) is 0 Å². The molecule has 6 nitrogen and oxygen atoms in total. The van der Waals surface area contributed by atoms with Gasteiger partial charge in [0.1, 0.15) is 0 Å². The third-order valence-corrected chi connectivity index (χ3v) is 6.71. The molecule has 1 amide bonds. The van der Waals surface area contributed by atoms with E-state index >= 15 is 0 Å². The molecule has 1 atom stereocenters. The topological polar surface area (TPSA) is 74.6 Å². The number of nitrogens with one attached hydrogen (secondary N) is 1. The molecule has 1 aliphatic heterocycles. The summed E-state index contributed by atoms with van der Waals surface area (Å²) in [5.74, 6) is -0.560. The average molecular weight is 444 g/mol. The van der Waals surface area contributed by atoms with Crippen molar-refractivity contribution < 1.29 is 9.90 Å². The SMILES string of the molecule is CC(C)C[C@H]1CN(C2c3ccccc3CCc3ccccc32)n2ccc(=O)c(O)c2C(=O)N1. The minimum absolute atomic E-state index is 0.00651. The van der Waals surface area contributed by atoms with Crippen LogP contribution in [0.5, 0.6) is 5.75 Å². The molecule has 0 saturated carbocycles. The Labute approximate surface area is 193 Å². The summed E-state index contributed by atoms with van der Waals surface area (Å²) in [7, 11) is 0. The third kappa shape index (κ3) is 3.80. The van der Waals surface area contributed by atoms with E-state index in [1.165, 1.54) is 28.3 Å². The molecule has 1 aliphatic carbocycles. The maximum absolute atomic E-state index is 13.2. The van der Waals surface area contributed by atoms with Crippen LogP contribution in [0.1, 0.15) is 59.1 Å². The van der Waals surface area contributed by atoms with Crippen molar-refractivity contribution >= 4 is 5.91 Å². The number of amides is 1. The lowest BCUT2D eigenvalue weighted by atomic mass is 9.93. The molecule has 2 aromatic carbocycles.